The van der Waals surface area contributed by atoms with Crippen LogP contribution in [0.5, 0.6) is 0 Å². The van der Waals surface area contributed by atoms with Gasteiger partial charge in [-0.25, -0.2) is 0 Å². The first-order valence-corrected chi connectivity index (χ1v) is 8.63. The van der Waals surface area contributed by atoms with Crippen molar-refractivity contribution in [1.82, 2.24) is 26.4 Å². The highest BCUT2D eigenvalue weighted by Crippen LogP contribution is 2.29. The van der Waals surface area contributed by atoms with E-state index in [4.69, 9.17) is 4.52 Å². The second kappa shape index (κ2) is 6.81. The molecule has 2 aliphatic rings. The topological polar surface area (TPSA) is 103 Å². The standard InChI is InChI=1S/C18H21N5O3/c1-11(24)16-10-19-22-23(16)14-7-13(8-14)20-18(25)15-9-17(26-21-15)12-5-3-2-4-6-12/h2-6,9-11,13-14,19,22,24H,7-8H2,1H3,(H,20,25)/t11-,13-,14-/m0/s1. The summed E-state index contributed by atoms with van der Waals surface area (Å²) in [6.45, 7) is 1.72. The number of hydrogen-bond donors (Lipinski definition) is 4. The summed E-state index contributed by atoms with van der Waals surface area (Å²) in [4.78, 5) is 12.4. The molecule has 0 spiro atoms. The highest BCUT2D eigenvalue weighted by Gasteiger charge is 2.38. The normalized spacial score (nSPS) is 23.0. The molecular weight excluding hydrogens is 334 g/mol. The van der Waals surface area contributed by atoms with Gasteiger partial charge in [0.25, 0.3) is 5.91 Å². The first-order chi connectivity index (χ1) is 12.6. The third-order valence-corrected chi connectivity index (χ3v) is 4.73. The molecule has 4 rings (SSSR count). The van der Waals surface area contributed by atoms with Crippen molar-refractivity contribution in [2.24, 2.45) is 0 Å². The number of hydrogen-bond acceptors (Lipinski definition) is 7. The van der Waals surface area contributed by atoms with Gasteiger partial charge in [-0.1, -0.05) is 35.5 Å². The van der Waals surface area contributed by atoms with Gasteiger partial charge >= 0.3 is 0 Å². The Labute approximate surface area is 150 Å². The molecule has 0 saturated heterocycles. The van der Waals surface area contributed by atoms with Gasteiger partial charge in [-0.3, -0.25) is 9.80 Å². The van der Waals surface area contributed by atoms with Gasteiger partial charge in [0.2, 0.25) is 0 Å². The number of benzene rings is 1. The molecule has 0 unspecified atom stereocenters. The second-order valence-electron chi connectivity index (χ2n) is 6.61. The number of hydrazine groups is 2. The molecule has 26 heavy (non-hydrogen) atoms. The first-order valence-electron chi connectivity index (χ1n) is 8.63. The number of nitrogens with one attached hydrogen (secondary N) is 3. The van der Waals surface area contributed by atoms with Crippen molar-refractivity contribution in [1.29, 1.82) is 0 Å². The number of rotatable bonds is 5. The van der Waals surface area contributed by atoms with Crippen LogP contribution < -0.4 is 16.3 Å². The van der Waals surface area contributed by atoms with Crippen molar-refractivity contribution in [3.05, 3.63) is 54.0 Å². The molecule has 1 atom stereocenters. The van der Waals surface area contributed by atoms with E-state index in [1.54, 1.807) is 19.2 Å². The van der Waals surface area contributed by atoms with E-state index in [0.29, 0.717) is 5.76 Å². The molecule has 8 nitrogen and oxygen atoms in total. The van der Waals surface area contributed by atoms with Gasteiger partial charge in [0, 0.05) is 23.9 Å². The monoisotopic (exact) mass is 355 g/mol. The predicted octanol–water partition coefficient (Wildman–Crippen LogP) is 1.15. The molecule has 0 bridgehead atoms. The molecule has 2 aromatic rings. The lowest BCUT2D eigenvalue weighted by molar-refractivity contribution is 0.0545. The Balaban J connectivity index is 1.32. The van der Waals surface area contributed by atoms with Crippen LogP contribution in [0.15, 0.2) is 52.8 Å². The highest BCUT2D eigenvalue weighted by atomic mass is 16.5. The molecule has 1 aromatic heterocycles. The van der Waals surface area contributed by atoms with Crippen molar-refractivity contribution >= 4 is 5.91 Å². The second-order valence-corrected chi connectivity index (χ2v) is 6.61. The summed E-state index contributed by atoms with van der Waals surface area (Å²) in [5.74, 6) is 0.333. The molecule has 0 radical (unpaired) electrons. The van der Waals surface area contributed by atoms with Crippen LogP contribution in [-0.2, 0) is 0 Å². The molecule has 1 saturated carbocycles. The molecule has 2 heterocycles. The number of carbonyl (C=O) groups excluding carboxylic acids is 1. The van der Waals surface area contributed by atoms with Gasteiger partial charge < -0.3 is 20.4 Å². The molecule has 136 valence electrons. The number of aliphatic hydroxyl groups excluding tert-OH is 1. The molecule has 8 heteroatoms. The quantitative estimate of drug-likeness (QED) is 0.638. The molecule has 1 amide bonds. The fraction of sp³-hybridized carbons (Fsp3) is 0.333. The third kappa shape index (κ3) is 3.16. The zero-order chi connectivity index (χ0) is 18.1. The number of aromatic nitrogens is 1. The molecule has 4 N–H and O–H groups in total. The Morgan fingerprint density at radius 1 is 1.38 bits per heavy atom. The van der Waals surface area contributed by atoms with E-state index in [-0.39, 0.29) is 23.7 Å². The van der Waals surface area contributed by atoms with E-state index in [2.05, 4.69) is 21.4 Å². The smallest absolute Gasteiger partial charge is 0.273 e. The van der Waals surface area contributed by atoms with Gasteiger partial charge in [0.05, 0.1) is 17.8 Å². The summed E-state index contributed by atoms with van der Waals surface area (Å²) >= 11 is 0. The van der Waals surface area contributed by atoms with E-state index in [0.717, 1.165) is 24.1 Å². The zero-order valence-electron chi connectivity index (χ0n) is 14.3. The van der Waals surface area contributed by atoms with E-state index < -0.39 is 6.10 Å². The minimum atomic E-state index is -0.558. The number of aliphatic hydroxyl groups is 1. The van der Waals surface area contributed by atoms with Gasteiger partial charge in [-0.05, 0) is 19.8 Å². The maximum absolute atomic E-state index is 12.4. The van der Waals surface area contributed by atoms with Crippen LogP contribution in [0.4, 0.5) is 0 Å². The Bertz CT molecular complexity index is 811. The molecule has 1 aromatic carbocycles. The van der Waals surface area contributed by atoms with Gasteiger partial charge in [0.15, 0.2) is 11.5 Å². The van der Waals surface area contributed by atoms with Crippen molar-refractivity contribution in [3.63, 3.8) is 0 Å². The van der Waals surface area contributed by atoms with Gasteiger partial charge in [0.1, 0.15) is 0 Å². The minimum absolute atomic E-state index is 0.0713. The van der Waals surface area contributed by atoms with Crippen LogP contribution in [0.2, 0.25) is 0 Å². The molecular formula is C18H21N5O3. The largest absolute Gasteiger partial charge is 0.387 e. The maximum Gasteiger partial charge on any atom is 0.273 e. The van der Waals surface area contributed by atoms with Crippen molar-refractivity contribution in [3.8, 4) is 11.3 Å². The van der Waals surface area contributed by atoms with Crippen LogP contribution in [0.3, 0.4) is 0 Å². The number of carbonyl (C=O) groups is 1. The van der Waals surface area contributed by atoms with Crippen molar-refractivity contribution < 1.29 is 14.4 Å². The summed E-state index contributed by atoms with van der Waals surface area (Å²) < 4.78 is 5.28. The maximum atomic E-state index is 12.4. The molecule has 1 aliphatic carbocycles. The van der Waals surface area contributed by atoms with Crippen molar-refractivity contribution in [2.45, 2.75) is 38.0 Å². The Kier molecular flexibility index (Phi) is 4.36. The van der Waals surface area contributed by atoms with Crippen LogP contribution in [-0.4, -0.2) is 39.4 Å². The fourth-order valence-corrected chi connectivity index (χ4v) is 3.23. The Morgan fingerprint density at radius 2 is 2.15 bits per heavy atom. The lowest BCUT2D eigenvalue weighted by atomic mass is 9.85. The molecule has 1 fully saturated rings. The lowest BCUT2D eigenvalue weighted by Gasteiger charge is -2.42. The number of nitrogens with zero attached hydrogens (tertiary/aromatic N) is 2. The van der Waals surface area contributed by atoms with E-state index >= 15 is 0 Å². The fourth-order valence-electron chi connectivity index (χ4n) is 3.23. The SMILES string of the molecule is C[C@H](O)C1=CNNN1[C@H]1C[C@H](NC(=O)c2cc(-c3ccccc3)on2)C1. The first kappa shape index (κ1) is 16.6. The minimum Gasteiger partial charge on any atom is -0.387 e. The van der Waals surface area contributed by atoms with Crippen LogP contribution >= 0.6 is 0 Å². The predicted molar refractivity (Wildman–Crippen MR) is 94.1 cm³/mol. The van der Waals surface area contributed by atoms with Crippen LogP contribution in [0.25, 0.3) is 11.3 Å². The lowest BCUT2D eigenvalue weighted by Crippen LogP contribution is -2.57. The summed E-state index contributed by atoms with van der Waals surface area (Å²) in [7, 11) is 0. The van der Waals surface area contributed by atoms with E-state index in [1.165, 1.54) is 0 Å². The summed E-state index contributed by atoms with van der Waals surface area (Å²) in [5.41, 5.74) is 7.86. The van der Waals surface area contributed by atoms with Gasteiger partial charge in [-0.15, -0.1) is 5.53 Å². The summed E-state index contributed by atoms with van der Waals surface area (Å²) in [6.07, 6.45) is 2.76. The number of amides is 1. The zero-order valence-corrected chi connectivity index (χ0v) is 14.3. The summed E-state index contributed by atoms with van der Waals surface area (Å²) in [6, 6.07) is 11.5. The Hall–Kier alpha value is -2.84. The van der Waals surface area contributed by atoms with Crippen LogP contribution in [0.1, 0.15) is 30.3 Å². The van der Waals surface area contributed by atoms with Crippen LogP contribution in [0, 0.1) is 0 Å². The molecule has 1 aliphatic heterocycles. The van der Waals surface area contributed by atoms with Crippen molar-refractivity contribution in [2.75, 3.05) is 0 Å². The highest BCUT2D eigenvalue weighted by molar-refractivity contribution is 5.93. The Morgan fingerprint density at radius 3 is 2.88 bits per heavy atom. The average Bonchev–Trinajstić information content (AvgIpc) is 3.27. The average molecular weight is 355 g/mol. The van der Waals surface area contributed by atoms with E-state index in [9.17, 15) is 9.90 Å². The summed E-state index contributed by atoms with van der Waals surface area (Å²) in [5, 5.41) is 18.5. The van der Waals surface area contributed by atoms with E-state index in [1.807, 2.05) is 35.3 Å². The van der Waals surface area contributed by atoms with Gasteiger partial charge in [-0.2, -0.15) is 0 Å². The third-order valence-electron chi connectivity index (χ3n) is 4.73.